The van der Waals surface area contributed by atoms with Crippen LogP contribution in [-0.4, -0.2) is 19.3 Å². The van der Waals surface area contributed by atoms with Crippen LogP contribution in [0.25, 0.3) is 0 Å². The number of anilines is 4. The summed E-state index contributed by atoms with van der Waals surface area (Å²) in [6, 6.07) is 20.4. The van der Waals surface area contributed by atoms with E-state index in [1.54, 1.807) is 27.9 Å². The van der Waals surface area contributed by atoms with Crippen molar-refractivity contribution in [1.82, 2.24) is 0 Å². The molecule has 3 aromatic carbocycles. The standard InChI is InChI=1S/C82H117BBr2N2/c1-76(2,3)57-30-22-26-52(40-57)34-35-61(80(13,14)15)44-56(53-27-23-31-58(41-53)77(4,5)6)51-86-70-49-64(84)36-38-68(70)83-69-39-37-65(85)50-71(69)87(73-48-63(82(19,20)21)47-72(86)74(73)83)75-66(54-28-24-32-59(42-54)78(7,8)9)45-62(81(16,17)18)46-67(75)55-29-25-33-60(43-55)79(10,11)12/h27-28,30,33-39,46-50,52,55-56,58-59,61-62,66,75H,22-26,29,31-32,40-45,51H2,1-21H3/b35-34+. The third kappa shape index (κ3) is 14.4. The van der Waals surface area contributed by atoms with Gasteiger partial charge < -0.3 is 9.80 Å². The molecule has 0 bridgehead atoms. The molecule has 0 aromatic heterocycles. The van der Waals surface area contributed by atoms with E-state index in [-0.39, 0.29) is 50.7 Å². The Morgan fingerprint density at radius 2 is 1.13 bits per heavy atom. The summed E-state index contributed by atoms with van der Waals surface area (Å²) in [4.78, 5) is 5.95. The van der Waals surface area contributed by atoms with Gasteiger partial charge in [0.1, 0.15) is 0 Å². The first kappa shape index (κ1) is 66.6. The van der Waals surface area contributed by atoms with Crippen molar-refractivity contribution in [2.24, 2.45) is 79.8 Å². The minimum absolute atomic E-state index is 0.0780. The SMILES string of the molecule is CC(C)(C)C1=CCCC(/C=C/C(CC(CN2c3cc(Br)ccc3B3c4ccc(Br)cc4N(C4C(C5CCC=C(C(C)(C)C)C5)=CC(C(C)(C)C)CC4C4=CCCC(C(C)(C)C)C4)c4cc(C(C)(C)C)cc2c43)C2=CCCC(C(C)(C)C)C2)C(C)(C)C)C1. The molecule has 0 saturated carbocycles. The molecule has 0 spiro atoms. The topological polar surface area (TPSA) is 6.48 Å². The van der Waals surface area contributed by atoms with Crippen LogP contribution in [0, 0.1) is 79.8 Å². The third-order valence-corrected chi connectivity index (χ3v) is 24.1. The molecule has 0 N–H and O–H groups in total. The zero-order valence-corrected chi connectivity index (χ0v) is 61.9. The lowest BCUT2D eigenvalue weighted by molar-refractivity contribution is 0.190. The van der Waals surface area contributed by atoms with Crippen LogP contribution in [0.4, 0.5) is 22.7 Å². The highest BCUT2D eigenvalue weighted by atomic mass is 79.9. The lowest BCUT2D eigenvalue weighted by atomic mass is 9.33. The van der Waals surface area contributed by atoms with Crippen molar-refractivity contribution in [3.8, 4) is 0 Å². The number of hydrogen-bond donors (Lipinski definition) is 0. The Bertz CT molecular complexity index is 3220. The summed E-state index contributed by atoms with van der Waals surface area (Å²) in [5.41, 5.74) is 20.9. The van der Waals surface area contributed by atoms with E-state index in [2.05, 4.69) is 278 Å². The van der Waals surface area contributed by atoms with Crippen molar-refractivity contribution in [2.45, 2.75) is 247 Å². The van der Waals surface area contributed by atoms with Crippen molar-refractivity contribution in [1.29, 1.82) is 0 Å². The van der Waals surface area contributed by atoms with Crippen molar-refractivity contribution >= 4 is 77.7 Å². The number of benzene rings is 3. The molecule has 2 heterocycles. The van der Waals surface area contributed by atoms with E-state index in [1.807, 2.05) is 0 Å². The molecule has 5 heteroatoms. The van der Waals surface area contributed by atoms with Gasteiger partial charge in [0.05, 0.1) is 6.04 Å². The molecule has 9 atom stereocenters. The molecule has 0 radical (unpaired) electrons. The maximum absolute atomic E-state index is 4.20. The van der Waals surface area contributed by atoms with Gasteiger partial charge in [-0.1, -0.05) is 254 Å². The van der Waals surface area contributed by atoms with E-state index in [0.29, 0.717) is 47.3 Å². The average Bonchev–Trinajstić information content (AvgIpc) is 0.701. The fourth-order valence-electron chi connectivity index (χ4n) is 17.1. The van der Waals surface area contributed by atoms with Gasteiger partial charge in [-0.15, -0.1) is 0 Å². The Balaban J connectivity index is 1.21. The summed E-state index contributed by atoms with van der Waals surface area (Å²) in [6.07, 6.45) is 35.8. The molecule has 2 aliphatic heterocycles. The predicted octanol–water partition coefficient (Wildman–Crippen LogP) is 23.2. The zero-order chi connectivity index (χ0) is 63.3. The Hall–Kier alpha value is -3.28. The minimum Gasteiger partial charge on any atom is -0.342 e. The van der Waals surface area contributed by atoms with Crippen LogP contribution in [0.5, 0.6) is 0 Å². The molecule has 2 nitrogen and oxygen atoms in total. The summed E-state index contributed by atoms with van der Waals surface area (Å²) in [7, 11) is 0. The summed E-state index contributed by atoms with van der Waals surface area (Å²) in [5, 5.41) is 0. The van der Waals surface area contributed by atoms with Crippen molar-refractivity contribution in [3.63, 3.8) is 0 Å². The van der Waals surface area contributed by atoms with Crippen molar-refractivity contribution in [3.05, 3.63) is 133 Å². The van der Waals surface area contributed by atoms with Crippen molar-refractivity contribution in [2.75, 3.05) is 16.3 Å². The molecule has 10 rings (SSSR count). The second kappa shape index (κ2) is 24.6. The van der Waals surface area contributed by atoms with Crippen LogP contribution in [0.2, 0.25) is 0 Å². The van der Waals surface area contributed by atoms with Crippen LogP contribution >= 0.6 is 31.9 Å². The first-order chi connectivity index (χ1) is 40.4. The number of fused-ring (bicyclic) bond motifs is 4. The predicted molar refractivity (Wildman–Crippen MR) is 390 cm³/mol. The monoisotopic (exact) mass is 1300 g/mol. The van der Waals surface area contributed by atoms with E-state index < -0.39 is 0 Å². The van der Waals surface area contributed by atoms with Gasteiger partial charge in [0.15, 0.2) is 0 Å². The second-order valence-corrected chi connectivity index (χ2v) is 38.3. The maximum Gasteiger partial charge on any atom is 0.252 e. The van der Waals surface area contributed by atoms with E-state index in [0.717, 1.165) is 34.8 Å². The summed E-state index contributed by atoms with van der Waals surface area (Å²) in [6.45, 7) is 53.4. The normalized spacial score (nSPS) is 25.9. The Morgan fingerprint density at radius 3 is 1.72 bits per heavy atom. The number of rotatable bonds is 10. The second-order valence-electron chi connectivity index (χ2n) is 36.4. The van der Waals surface area contributed by atoms with Gasteiger partial charge in [0, 0.05) is 44.2 Å². The summed E-state index contributed by atoms with van der Waals surface area (Å²) in [5.74, 6) is 3.99. The summed E-state index contributed by atoms with van der Waals surface area (Å²) < 4.78 is 2.32. The number of nitrogens with zero attached hydrogens (tertiary/aromatic N) is 2. The van der Waals surface area contributed by atoms with Gasteiger partial charge in [0.2, 0.25) is 0 Å². The van der Waals surface area contributed by atoms with Crippen LogP contribution < -0.4 is 26.2 Å². The van der Waals surface area contributed by atoms with E-state index in [1.165, 1.54) is 115 Å². The lowest BCUT2D eigenvalue weighted by Crippen LogP contribution is -2.64. The third-order valence-electron chi connectivity index (χ3n) is 23.1. The fraction of sp³-hybridized carbons (Fsp3) is 0.634. The molecular formula is C82H117BBr2N2. The highest BCUT2D eigenvalue weighted by Crippen LogP contribution is 2.56. The van der Waals surface area contributed by atoms with Crippen LogP contribution in [0.1, 0.15) is 241 Å². The molecule has 7 aliphatic rings. The molecular weight excluding hydrogens is 1180 g/mol. The largest absolute Gasteiger partial charge is 0.342 e. The highest BCUT2D eigenvalue weighted by Gasteiger charge is 2.51. The molecule has 0 saturated heterocycles. The number of hydrogen-bond acceptors (Lipinski definition) is 2. The van der Waals surface area contributed by atoms with Gasteiger partial charge in [-0.2, -0.15) is 0 Å². The molecule has 472 valence electrons. The molecule has 0 amide bonds. The van der Waals surface area contributed by atoms with Gasteiger partial charge in [-0.3, -0.25) is 0 Å². The van der Waals surface area contributed by atoms with Crippen LogP contribution in [-0.2, 0) is 5.41 Å². The van der Waals surface area contributed by atoms with E-state index in [9.17, 15) is 0 Å². The average molecular weight is 1300 g/mol. The first-order valence-electron chi connectivity index (χ1n) is 34.9. The first-order valence-corrected chi connectivity index (χ1v) is 36.5. The molecule has 9 unspecified atom stereocenters. The maximum atomic E-state index is 4.20. The molecule has 3 aromatic rings. The minimum atomic E-state index is -0.106. The fourth-order valence-corrected chi connectivity index (χ4v) is 17.8. The number of halogens is 2. The molecule has 5 aliphatic carbocycles. The lowest BCUT2D eigenvalue weighted by Gasteiger charge is -2.54. The smallest absolute Gasteiger partial charge is 0.252 e. The van der Waals surface area contributed by atoms with Gasteiger partial charge >= 0.3 is 0 Å². The molecule has 0 fully saturated rings. The van der Waals surface area contributed by atoms with Gasteiger partial charge in [-0.05, 0) is 233 Å². The van der Waals surface area contributed by atoms with E-state index >= 15 is 0 Å². The quantitative estimate of drug-likeness (QED) is 0.147. The Morgan fingerprint density at radius 1 is 0.563 bits per heavy atom. The van der Waals surface area contributed by atoms with Crippen LogP contribution in [0.3, 0.4) is 0 Å². The number of allylic oxidation sites excluding steroid dienone is 9. The zero-order valence-electron chi connectivity index (χ0n) is 58.7. The van der Waals surface area contributed by atoms with Crippen LogP contribution in [0.15, 0.2) is 128 Å². The van der Waals surface area contributed by atoms with Crippen molar-refractivity contribution < 1.29 is 0 Å². The van der Waals surface area contributed by atoms with Gasteiger partial charge in [0.25, 0.3) is 6.71 Å². The Labute approximate surface area is 550 Å². The highest BCUT2D eigenvalue weighted by molar-refractivity contribution is 9.10. The van der Waals surface area contributed by atoms with E-state index in [4.69, 9.17) is 0 Å². The molecule has 87 heavy (non-hydrogen) atoms. The van der Waals surface area contributed by atoms with Gasteiger partial charge in [-0.25, -0.2) is 0 Å². The Kier molecular flexibility index (Phi) is 18.9. The summed E-state index contributed by atoms with van der Waals surface area (Å²) >= 11 is 8.35.